The third-order valence-electron chi connectivity index (χ3n) is 17.0. The van der Waals surface area contributed by atoms with Gasteiger partial charge in [-0.15, -0.1) is 0 Å². The molecule has 5 atom stereocenters. The number of esters is 4. The third kappa shape index (κ3) is 66.7. The summed E-state index contributed by atoms with van der Waals surface area (Å²) in [6.07, 6.45) is 51.4. The van der Waals surface area contributed by atoms with E-state index in [0.29, 0.717) is 31.6 Å². The summed E-state index contributed by atoms with van der Waals surface area (Å²) in [5, 5.41) is 10.6. The number of phosphoric acid groups is 2. The molecule has 0 aliphatic carbocycles. The first-order valence-corrected chi connectivity index (χ1v) is 41.0. The topological polar surface area (TPSA) is 237 Å². The van der Waals surface area contributed by atoms with Crippen molar-refractivity contribution in [2.24, 2.45) is 11.8 Å². The van der Waals surface area contributed by atoms with Gasteiger partial charge in [0.2, 0.25) is 0 Å². The Labute approximate surface area is 562 Å². The van der Waals surface area contributed by atoms with Gasteiger partial charge in [-0.1, -0.05) is 324 Å². The lowest BCUT2D eigenvalue weighted by Gasteiger charge is -2.21. The van der Waals surface area contributed by atoms with Crippen molar-refractivity contribution in [3.8, 4) is 0 Å². The Morgan fingerprint density at radius 1 is 0.293 bits per heavy atom. The molecular formula is C73H142O17P2. The number of carbonyl (C=O) groups excluding carboxylic acids is 4. The van der Waals surface area contributed by atoms with E-state index in [1.165, 1.54) is 193 Å². The van der Waals surface area contributed by atoms with Crippen molar-refractivity contribution in [1.29, 1.82) is 0 Å². The molecule has 0 radical (unpaired) electrons. The zero-order valence-corrected chi connectivity index (χ0v) is 61.6. The van der Waals surface area contributed by atoms with Crippen molar-refractivity contribution < 1.29 is 80.2 Å². The van der Waals surface area contributed by atoms with E-state index in [0.717, 1.165) is 95.8 Å². The van der Waals surface area contributed by atoms with Crippen LogP contribution in [-0.4, -0.2) is 96.7 Å². The highest BCUT2D eigenvalue weighted by Gasteiger charge is 2.30. The van der Waals surface area contributed by atoms with Crippen molar-refractivity contribution in [2.45, 2.75) is 394 Å². The molecule has 0 heterocycles. The maximum absolute atomic E-state index is 13.1. The molecule has 0 amide bonds. The fourth-order valence-electron chi connectivity index (χ4n) is 11.1. The second-order valence-corrected chi connectivity index (χ2v) is 30.2. The average molecular weight is 1350 g/mol. The first-order chi connectivity index (χ1) is 44.4. The summed E-state index contributed by atoms with van der Waals surface area (Å²) in [5.41, 5.74) is 0. The molecule has 0 aliphatic rings. The van der Waals surface area contributed by atoms with E-state index in [-0.39, 0.29) is 25.7 Å². The van der Waals surface area contributed by atoms with Crippen LogP contribution in [0.25, 0.3) is 0 Å². The van der Waals surface area contributed by atoms with Crippen LogP contribution in [-0.2, 0) is 65.4 Å². The monoisotopic (exact) mass is 1350 g/mol. The minimum absolute atomic E-state index is 0.104. The molecule has 0 fully saturated rings. The molecule has 19 heteroatoms. The highest BCUT2D eigenvalue weighted by atomic mass is 31.2. The molecule has 0 spiro atoms. The third-order valence-corrected chi connectivity index (χ3v) is 18.9. The van der Waals surface area contributed by atoms with Crippen molar-refractivity contribution in [2.75, 3.05) is 39.6 Å². The lowest BCUT2D eigenvalue weighted by Crippen LogP contribution is -2.30. The summed E-state index contributed by atoms with van der Waals surface area (Å²) in [4.78, 5) is 72.6. The highest BCUT2D eigenvalue weighted by molar-refractivity contribution is 7.47. The van der Waals surface area contributed by atoms with Gasteiger partial charge in [0.1, 0.15) is 19.3 Å². The molecule has 17 nitrogen and oxygen atoms in total. The maximum Gasteiger partial charge on any atom is 0.472 e. The highest BCUT2D eigenvalue weighted by Crippen LogP contribution is 2.45. The number of carbonyl (C=O) groups is 4. The molecule has 0 saturated carbocycles. The van der Waals surface area contributed by atoms with Gasteiger partial charge < -0.3 is 33.8 Å². The lowest BCUT2D eigenvalue weighted by atomic mass is 10.0. The van der Waals surface area contributed by atoms with Gasteiger partial charge in [0.15, 0.2) is 12.2 Å². The number of hydrogen-bond donors (Lipinski definition) is 3. The van der Waals surface area contributed by atoms with Crippen LogP contribution in [0, 0.1) is 11.8 Å². The molecule has 0 rings (SSSR count). The molecule has 0 aliphatic heterocycles. The summed E-state index contributed by atoms with van der Waals surface area (Å²) >= 11 is 0. The minimum atomic E-state index is -4.95. The van der Waals surface area contributed by atoms with Crippen LogP contribution >= 0.6 is 15.6 Å². The van der Waals surface area contributed by atoms with E-state index in [1.807, 2.05) is 0 Å². The van der Waals surface area contributed by atoms with Gasteiger partial charge >= 0.3 is 39.5 Å². The zero-order chi connectivity index (χ0) is 67.9. The summed E-state index contributed by atoms with van der Waals surface area (Å²) in [6.45, 7) is 9.51. The Morgan fingerprint density at radius 3 is 0.739 bits per heavy atom. The van der Waals surface area contributed by atoms with E-state index < -0.39 is 97.5 Å². The van der Waals surface area contributed by atoms with Gasteiger partial charge in [-0.05, 0) is 37.5 Å². The Bertz CT molecular complexity index is 1790. The summed E-state index contributed by atoms with van der Waals surface area (Å²) in [7, 11) is -9.90. The molecule has 0 bridgehead atoms. The fraction of sp³-hybridized carbons (Fsp3) is 0.945. The Balaban J connectivity index is 5.22. The molecule has 0 aromatic rings. The summed E-state index contributed by atoms with van der Waals surface area (Å²) in [5.74, 6) is -0.655. The Kier molecular flexibility index (Phi) is 63.7. The van der Waals surface area contributed by atoms with Gasteiger partial charge in [-0.3, -0.25) is 37.3 Å². The lowest BCUT2D eigenvalue weighted by molar-refractivity contribution is -0.161. The average Bonchev–Trinajstić information content (AvgIpc) is 2.57. The molecule has 0 saturated heterocycles. The predicted octanol–water partition coefficient (Wildman–Crippen LogP) is 21.2. The van der Waals surface area contributed by atoms with Crippen molar-refractivity contribution in [1.82, 2.24) is 0 Å². The number of aliphatic hydroxyl groups is 1. The number of ether oxygens (including phenoxy) is 4. The van der Waals surface area contributed by atoms with Crippen LogP contribution in [0.3, 0.4) is 0 Å². The van der Waals surface area contributed by atoms with E-state index in [4.69, 9.17) is 37.0 Å². The second kappa shape index (κ2) is 65.0. The predicted molar refractivity (Wildman–Crippen MR) is 372 cm³/mol. The molecule has 546 valence electrons. The summed E-state index contributed by atoms with van der Waals surface area (Å²) in [6, 6.07) is 0. The first kappa shape index (κ1) is 90.1. The minimum Gasteiger partial charge on any atom is -0.462 e. The molecule has 0 aromatic carbocycles. The van der Waals surface area contributed by atoms with Crippen LogP contribution < -0.4 is 0 Å². The molecular weight excluding hydrogens is 1210 g/mol. The maximum atomic E-state index is 13.1. The van der Waals surface area contributed by atoms with Crippen LogP contribution in [0.4, 0.5) is 0 Å². The number of rotatable bonds is 72. The van der Waals surface area contributed by atoms with Crippen molar-refractivity contribution >= 4 is 39.5 Å². The SMILES string of the molecule is CCCCCCCCCCCCCCCCCCCCC(=O)O[C@H](COC(=O)CCCCCCCCCCCCCC(C)C)COP(=O)(O)OC[C@@H](O)COP(=O)(O)OC[C@@H](COC(=O)CCCCCCCCCCCC)OC(=O)CCCCCCCCCC(C)C. The Morgan fingerprint density at radius 2 is 0.500 bits per heavy atom. The first-order valence-electron chi connectivity index (χ1n) is 38.0. The van der Waals surface area contributed by atoms with E-state index in [2.05, 4.69) is 41.5 Å². The Hall–Kier alpha value is -1.94. The van der Waals surface area contributed by atoms with Crippen molar-refractivity contribution in [3.05, 3.63) is 0 Å². The van der Waals surface area contributed by atoms with Gasteiger partial charge in [0, 0.05) is 25.7 Å². The van der Waals surface area contributed by atoms with Crippen LogP contribution in [0.5, 0.6) is 0 Å². The van der Waals surface area contributed by atoms with Gasteiger partial charge in [-0.25, -0.2) is 9.13 Å². The number of unbranched alkanes of at least 4 members (excludes halogenated alkanes) is 42. The van der Waals surface area contributed by atoms with Crippen molar-refractivity contribution in [3.63, 3.8) is 0 Å². The molecule has 2 unspecified atom stereocenters. The largest absolute Gasteiger partial charge is 0.472 e. The summed E-state index contributed by atoms with van der Waals surface area (Å²) < 4.78 is 68.4. The molecule has 92 heavy (non-hydrogen) atoms. The quantitative estimate of drug-likeness (QED) is 0.0222. The smallest absolute Gasteiger partial charge is 0.462 e. The van der Waals surface area contributed by atoms with Crippen LogP contribution in [0.1, 0.15) is 375 Å². The van der Waals surface area contributed by atoms with E-state index in [9.17, 15) is 43.2 Å². The second-order valence-electron chi connectivity index (χ2n) is 27.3. The number of phosphoric ester groups is 2. The van der Waals surface area contributed by atoms with Gasteiger partial charge in [0.05, 0.1) is 26.4 Å². The standard InChI is InChI=1S/C73H142O17P2/c1-7-9-11-13-15-17-19-20-21-22-23-24-25-28-33-39-45-51-57-72(77)89-68(61-84-71(76)56-50-44-38-32-29-26-27-30-35-41-47-53-65(3)4)63-87-91(79,80)85-59-67(74)60-86-92(81,82)88-64-69(90-73(78)58-52-46-40-34-36-42-48-54-66(5)6)62-83-70(75)55-49-43-37-31-18-16-14-12-10-8-2/h65-69,74H,7-64H2,1-6H3,(H,79,80)(H,81,82)/t67-,68-,69-/m1/s1. The van der Waals surface area contributed by atoms with E-state index in [1.54, 1.807) is 0 Å². The normalized spacial score (nSPS) is 14.1. The number of hydrogen-bond acceptors (Lipinski definition) is 15. The molecule has 0 aromatic heterocycles. The van der Waals surface area contributed by atoms with Crippen LogP contribution in [0.2, 0.25) is 0 Å². The fourth-order valence-corrected chi connectivity index (χ4v) is 12.7. The molecule has 3 N–H and O–H groups in total. The zero-order valence-electron chi connectivity index (χ0n) is 59.9. The van der Waals surface area contributed by atoms with E-state index >= 15 is 0 Å². The van der Waals surface area contributed by atoms with Crippen LogP contribution in [0.15, 0.2) is 0 Å². The number of aliphatic hydroxyl groups excluding tert-OH is 1. The van der Waals surface area contributed by atoms with Gasteiger partial charge in [0.25, 0.3) is 0 Å². The van der Waals surface area contributed by atoms with Gasteiger partial charge in [-0.2, -0.15) is 0 Å².